The van der Waals surface area contributed by atoms with Gasteiger partial charge in [0.15, 0.2) is 0 Å². The Bertz CT molecular complexity index is 107. The van der Waals surface area contributed by atoms with Gasteiger partial charge in [-0.1, -0.05) is 20.8 Å². The van der Waals surface area contributed by atoms with Crippen molar-refractivity contribution in [3.8, 4) is 0 Å². The summed E-state index contributed by atoms with van der Waals surface area (Å²) in [5.74, 6) is 0. The van der Waals surface area contributed by atoms with Crippen LogP contribution in [0.25, 0.3) is 0 Å². The molecule has 0 aliphatic carbocycles. The van der Waals surface area contributed by atoms with E-state index in [1.165, 1.54) is 0 Å². The molecule has 0 amide bonds. The maximum atomic E-state index is 2.26. The minimum atomic E-state index is 0.406. The molecule has 0 N–H and O–H groups in total. The molecule has 0 saturated carbocycles. The van der Waals surface area contributed by atoms with Crippen molar-refractivity contribution in [1.29, 1.82) is 0 Å². The summed E-state index contributed by atoms with van der Waals surface area (Å²) >= 11 is 0. The Morgan fingerprint density at radius 2 is 1.33 bits per heavy atom. The van der Waals surface area contributed by atoms with Crippen LogP contribution in [-0.2, 0) is 0 Å². The lowest BCUT2D eigenvalue weighted by atomic mass is 9.95. The molecule has 0 aromatic heterocycles. The predicted octanol–water partition coefficient (Wildman–Crippen LogP) is 1.15. The molecule has 1 aliphatic heterocycles. The fourth-order valence-corrected chi connectivity index (χ4v) is 1.49. The Balaban J connectivity index is 2.50. The van der Waals surface area contributed by atoms with E-state index in [0.29, 0.717) is 11.6 Å². The van der Waals surface area contributed by atoms with E-state index >= 15 is 0 Å². The zero-order valence-electron chi connectivity index (χ0n) is 6.97. The van der Waals surface area contributed by atoms with Gasteiger partial charge in [-0.3, -0.25) is 0 Å². The molecule has 9 heavy (non-hydrogen) atoms. The van der Waals surface area contributed by atoms with E-state index in [1.807, 2.05) is 0 Å². The van der Waals surface area contributed by atoms with Crippen LogP contribution in [-0.4, -0.2) is 30.3 Å². The van der Waals surface area contributed by atoms with E-state index < -0.39 is 0 Å². The smallest absolute Gasteiger partial charge is 0.0936 e. The molecule has 0 radical (unpaired) electrons. The summed E-state index contributed by atoms with van der Waals surface area (Å²) in [5.41, 5.74) is 0.406. The van der Waals surface area contributed by atoms with Crippen molar-refractivity contribution in [2.24, 2.45) is 5.41 Å². The fraction of sp³-hybridized carbons (Fsp3) is 1.00. The summed E-state index contributed by atoms with van der Waals surface area (Å²) in [7, 11) is 4.24. The Hall–Kier alpha value is -0.0800. The molecule has 0 spiro atoms. The molecule has 1 saturated heterocycles. The molecule has 1 fully saturated rings. The monoisotopic (exact) mass is 128 g/mol. The standard InChI is InChI=1S/C7H16N2/c1-7(2,3)6-8(4)9(6)5/h6H,1-5H3. The van der Waals surface area contributed by atoms with Crippen molar-refractivity contribution in [1.82, 2.24) is 10.0 Å². The largest absolute Gasteiger partial charge is 0.224 e. The lowest BCUT2D eigenvalue weighted by Gasteiger charge is -2.14. The third kappa shape index (κ3) is 1.10. The molecule has 2 heteroatoms. The third-order valence-corrected chi connectivity index (χ3v) is 1.93. The Morgan fingerprint density at radius 3 is 1.33 bits per heavy atom. The zero-order chi connectivity index (χ0) is 7.23. The van der Waals surface area contributed by atoms with Crippen LogP contribution in [0.2, 0.25) is 0 Å². The summed E-state index contributed by atoms with van der Waals surface area (Å²) in [6.07, 6.45) is 0.650. The van der Waals surface area contributed by atoms with Crippen LogP contribution >= 0.6 is 0 Å². The minimum absolute atomic E-state index is 0.406. The lowest BCUT2D eigenvalue weighted by Crippen LogP contribution is -2.18. The number of nitrogens with zero attached hydrogens (tertiary/aromatic N) is 2. The minimum Gasteiger partial charge on any atom is -0.224 e. The van der Waals surface area contributed by atoms with Crippen LogP contribution in [0.5, 0.6) is 0 Å². The normalized spacial score (nSPS) is 43.0. The molecule has 0 bridgehead atoms. The highest BCUT2D eigenvalue weighted by atomic mass is 15.8. The molecule has 2 nitrogen and oxygen atoms in total. The van der Waals surface area contributed by atoms with Gasteiger partial charge in [0, 0.05) is 14.1 Å². The first-order valence-electron chi connectivity index (χ1n) is 3.40. The van der Waals surface area contributed by atoms with Crippen molar-refractivity contribution in [3.05, 3.63) is 0 Å². The first-order chi connectivity index (χ1) is 3.94. The first-order valence-corrected chi connectivity index (χ1v) is 3.40. The second-order valence-electron chi connectivity index (χ2n) is 3.89. The molecular weight excluding hydrogens is 112 g/mol. The van der Waals surface area contributed by atoms with Gasteiger partial charge in [0.2, 0.25) is 0 Å². The fourth-order valence-electron chi connectivity index (χ4n) is 1.49. The second kappa shape index (κ2) is 1.70. The van der Waals surface area contributed by atoms with Gasteiger partial charge in [-0.25, -0.2) is 10.0 Å². The van der Waals surface area contributed by atoms with Crippen molar-refractivity contribution >= 4 is 0 Å². The lowest BCUT2D eigenvalue weighted by molar-refractivity contribution is 0.344. The first kappa shape index (κ1) is 7.03. The highest BCUT2D eigenvalue weighted by Gasteiger charge is 2.46. The van der Waals surface area contributed by atoms with Crippen LogP contribution in [0.1, 0.15) is 20.8 Å². The van der Waals surface area contributed by atoms with E-state index in [1.54, 1.807) is 0 Å². The molecule has 0 aromatic carbocycles. The van der Waals surface area contributed by atoms with Gasteiger partial charge in [-0.15, -0.1) is 0 Å². The van der Waals surface area contributed by atoms with E-state index in [9.17, 15) is 0 Å². The maximum absolute atomic E-state index is 2.26. The summed E-state index contributed by atoms with van der Waals surface area (Å²) < 4.78 is 0. The zero-order valence-corrected chi connectivity index (χ0v) is 6.97. The average Bonchev–Trinajstić information content (AvgIpc) is 2.11. The van der Waals surface area contributed by atoms with Crippen molar-refractivity contribution in [2.75, 3.05) is 14.1 Å². The summed E-state index contributed by atoms with van der Waals surface area (Å²) in [5, 5.41) is 4.50. The van der Waals surface area contributed by atoms with Crippen molar-refractivity contribution in [3.63, 3.8) is 0 Å². The number of rotatable bonds is 0. The van der Waals surface area contributed by atoms with Crippen molar-refractivity contribution in [2.45, 2.75) is 26.9 Å². The number of hydrogen-bond donors (Lipinski definition) is 0. The highest BCUT2D eigenvalue weighted by Crippen LogP contribution is 2.36. The summed E-state index contributed by atoms with van der Waals surface area (Å²) in [4.78, 5) is 0. The van der Waals surface area contributed by atoms with E-state index in [0.717, 1.165) is 0 Å². The van der Waals surface area contributed by atoms with Crippen LogP contribution in [0.4, 0.5) is 0 Å². The van der Waals surface area contributed by atoms with Gasteiger partial charge in [0.05, 0.1) is 6.17 Å². The van der Waals surface area contributed by atoms with Crippen LogP contribution < -0.4 is 0 Å². The van der Waals surface area contributed by atoms with E-state index in [-0.39, 0.29) is 0 Å². The molecule has 2 atom stereocenters. The van der Waals surface area contributed by atoms with Gasteiger partial charge < -0.3 is 0 Å². The second-order valence-corrected chi connectivity index (χ2v) is 3.89. The average molecular weight is 128 g/mol. The van der Waals surface area contributed by atoms with Gasteiger partial charge in [0.25, 0.3) is 0 Å². The molecule has 1 aliphatic rings. The third-order valence-electron chi connectivity index (χ3n) is 1.93. The topological polar surface area (TPSA) is 6.02 Å². The molecule has 1 rings (SSSR count). The van der Waals surface area contributed by atoms with Gasteiger partial charge in [-0.05, 0) is 5.41 Å². The Kier molecular flexibility index (Phi) is 1.33. The SMILES string of the molecule is CN1C(C(C)(C)C)N1C. The predicted molar refractivity (Wildman–Crippen MR) is 38.8 cm³/mol. The highest BCUT2D eigenvalue weighted by molar-refractivity contribution is 4.87. The summed E-state index contributed by atoms with van der Waals surface area (Å²) in [6.45, 7) is 6.78. The van der Waals surface area contributed by atoms with Crippen LogP contribution in [0, 0.1) is 5.41 Å². The molecule has 0 aromatic rings. The van der Waals surface area contributed by atoms with Crippen molar-refractivity contribution < 1.29 is 0 Å². The van der Waals surface area contributed by atoms with Crippen LogP contribution in [0.15, 0.2) is 0 Å². The maximum Gasteiger partial charge on any atom is 0.0936 e. The number of hydrogen-bond acceptors (Lipinski definition) is 2. The summed E-state index contributed by atoms with van der Waals surface area (Å²) in [6, 6.07) is 0. The molecular formula is C7H16N2. The molecule has 1 heterocycles. The molecule has 2 unspecified atom stereocenters. The Morgan fingerprint density at radius 1 is 1.00 bits per heavy atom. The quantitative estimate of drug-likeness (QED) is 0.451. The van der Waals surface area contributed by atoms with Gasteiger partial charge in [0.1, 0.15) is 0 Å². The van der Waals surface area contributed by atoms with Gasteiger partial charge >= 0.3 is 0 Å². The Labute approximate surface area is 57.4 Å². The molecule has 54 valence electrons. The van der Waals surface area contributed by atoms with E-state index in [4.69, 9.17) is 0 Å². The van der Waals surface area contributed by atoms with E-state index in [2.05, 4.69) is 44.9 Å². The van der Waals surface area contributed by atoms with Gasteiger partial charge in [-0.2, -0.15) is 0 Å². The number of hydrazine groups is 1. The van der Waals surface area contributed by atoms with Crippen LogP contribution in [0.3, 0.4) is 0 Å².